The number of benzene rings is 2. The minimum atomic E-state index is -3.14. The Balaban J connectivity index is 1.17. The zero-order valence-electron chi connectivity index (χ0n) is 21.5. The molecular weight excluding hydrogens is 523 g/mol. The first-order valence-corrected chi connectivity index (χ1v) is 15.0. The Bertz CT molecular complexity index is 1300. The summed E-state index contributed by atoms with van der Waals surface area (Å²) in [5.74, 6) is -0.655. The van der Waals surface area contributed by atoms with Gasteiger partial charge in [-0.1, -0.05) is 12.1 Å². The van der Waals surface area contributed by atoms with Crippen LogP contribution in [-0.4, -0.2) is 68.4 Å². The average Bonchev–Trinajstić information content (AvgIpc) is 3.49. The number of halogens is 1. The lowest BCUT2D eigenvalue weighted by atomic mass is 10.1. The van der Waals surface area contributed by atoms with Crippen LogP contribution in [0.25, 0.3) is 0 Å². The smallest absolute Gasteiger partial charge is 0.251 e. The van der Waals surface area contributed by atoms with Crippen LogP contribution in [-0.2, 0) is 14.6 Å². The fourth-order valence-electron chi connectivity index (χ4n) is 4.92. The van der Waals surface area contributed by atoms with E-state index in [0.717, 1.165) is 17.7 Å². The average molecular weight is 557 g/mol. The van der Waals surface area contributed by atoms with Crippen molar-refractivity contribution < 1.29 is 22.4 Å². The molecule has 12 heteroatoms. The highest BCUT2D eigenvalue weighted by Crippen LogP contribution is 2.40. The van der Waals surface area contributed by atoms with Crippen molar-refractivity contribution in [2.24, 2.45) is 0 Å². The van der Waals surface area contributed by atoms with Crippen LogP contribution < -0.4 is 26.6 Å². The predicted molar refractivity (Wildman–Crippen MR) is 146 cm³/mol. The van der Waals surface area contributed by atoms with Gasteiger partial charge in [-0.25, -0.2) is 12.8 Å². The molecule has 0 unspecified atom stereocenters. The van der Waals surface area contributed by atoms with E-state index in [1.54, 1.807) is 41.7 Å². The van der Waals surface area contributed by atoms with Gasteiger partial charge in [0.2, 0.25) is 5.91 Å². The lowest BCUT2D eigenvalue weighted by molar-refractivity contribution is -0.133. The van der Waals surface area contributed by atoms with Crippen LogP contribution in [0.15, 0.2) is 60.9 Å². The lowest BCUT2D eigenvalue weighted by Gasteiger charge is -2.30. The Labute approximate surface area is 227 Å². The van der Waals surface area contributed by atoms with Crippen LogP contribution in [0.5, 0.6) is 0 Å². The second kappa shape index (κ2) is 11.7. The van der Waals surface area contributed by atoms with Crippen molar-refractivity contribution >= 4 is 27.3 Å². The summed E-state index contributed by atoms with van der Waals surface area (Å²) in [7, 11) is -3.14. The van der Waals surface area contributed by atoms with Gasteiger partial charge in [0.05, 0.1) is 17.2 Å². The van der Waals surface area contributed by atoms with E-state index >= 15 is 0 Å². The SMILES string of the molecule is O=C(N[C@@H](CCCN[C@@H]1C[C@H]1c1ccc(F)cc1)C(=O)N1CCS(=O)(=O)CC1)c1ccc(N2C=CNN2)cc1. The highest BCUT2D eigenvalue weighted by molar-refractivity contribution is 7.91. The first kappa shape index (κ1) is 27.1. The number of hydrogen-bond donors (Lipinski definition) is 4. The van der Waals surface area contributed by atoms with Crippen molar-refractivity contribution in [1.29, 1.82) is 0 Å². The minimum Gasteiger partial charge on any atom is -0.340 e. The maximum absolute atomic E-state index is 13.3. The molecule has 3 aliphatic rings. The summed E-state index contributed by atoms with van der Waals surface area (Å²) in [4.78, 5) is 28.0. The summed E-state index contributed by atoms with van der Waals surface area (Å²) in [6.07, 6.45) is 5.58. The van der Waals surface area contributed by atoms with Gasteiger partial charge >= 0.3 is 0 Å². The molecule has 1 saturated carbocycles. The van der Waals surface area contributed by atoms with Gasteiger partial charge < -0.3 is 21.0 Å². The molecule has 0 spiro atoms. The molecule has 2 aliphatic heterocycles. The molecular formula is C27H33FN6O4S. The number of amides is 2. The number of hydrazine groups is 2. The van der Waals surface area contributed by atoms with Crippen molar-refractivity contribution in [2.75, 3.05) is 36.1 Å². The van der Waals surface area contributed by atoms with Crippen molar-refractivity contribution in [3.05, 3.63) is 77.9 Å². The maximum atomic E-state index is 13.3. The number of anilines is 1. The minimum absolute atomic E-state index is 0.0667. The number of sulfone groups is 1. The summed E-state index contributed by atoms with van der Waals surface area (Å²) in [6.45, 7) is 0.925. The first-order chi connectivity index (χ1) is 18.8. The standard InChI is InChI=1S/C27H33FN6O4S/c28-21-7-3-19(4-8-21)23-18-25(23)29-11-1-2-24(27(36)33-14-16-39(37,38)17-15-33)31-26(35)20-5-9-22(10-6-20)34-13-12-30-32-34/h3-10,12-13,23-25,29-30,32H,1-2,11,14-18H2,(H,31,35)/t23-,24-,25+/m0/s1. The van der Waals surface area contributed by atoms with Gasteiger partial charge in [0, 0.05) is 43.0 Å². The van der Waals surface area contributed by atoms with Crippen molar-refractivity contribution in [1.82, 2.24) is 26.5 Å². The molecule has 2 fully saturated rings. The van der Waals surface area contributed by atoms with Gasteiger partial charge in [0.15, 0.2) is 9.84 Å². The summed E-state index contributed by atoms with van der Waals surface area (Å²) >= 11 is 0. The molecule has 2 amide bonds. The summed E-state index contributed by atoms with van der Waals surface area (Å²) in [5, 5.41) is 8.13. The Hall–Kier alpha value is -3.48. The van der Waals surface area contributed by atoms with Crippen molar-refractivity contribution in [3.8, 4) is 0 Å². The van der Waals surface area contributed by atoms with Crippen LogP contribution in [0, 0.1) is 5.82 Å². The predicted octanol–water partition coefficient (Wildman–Crippen LogP) is 1.41. The number of carbonyl (C=O) groups excluding carboxylic acids is 2. The van der Waals surface area contributed by atoms with E-state index in [1.165, 1.54) is 17.0 Å². The van der Waals surface area contributed by atoms with E-state index < -0.39 is 15.9 Å². The molecule has 39 heavy (non-hydrogen) atoms. The zero-order valence-corrected chi connectivity index (χ0v) is 22.3. The Morgan fingerprint density at radius 1 is 1.05 bits per heavy atom. The summed E-state index contributed by atoms with van der Waals surface area (Å²) < 4.78 is 36.9. The summed E-state index contributed by atoms with van der Waals surface area (Å²) in [5.41, 5.74) is 8.13. The molecule has 2 aromatic rings. The van der Waals surface area contributed by atoms with Crippen molar-refractivity contribution in [3.63, 3.8) is 0 Å². The lowest BCUT2D eigenvalue weighted by Crippen LogP contribution is -2.53. The molecule has 208 valence electrons. The van der Waals surface area contributed by atoms with Gasteiger partial charge in [-0.3, -0.25) is 14.6 Å². The molecule has 1 aliphatic carbocycles. The van der Waals surface area contributed by atoms with E-state index in [-0.39, 0.29) is 42.2 Å². The van der Waals surface area contributed by atoms with E-state index in [0.29, 0.717) is 36.9 Å². The van der Waals surface area contributed by atoms with Gasteiger partial charge in [0.1, 0.15) is 11.9 Å². The zero-order chi connectivity index (χ0) is 27.4. The maximum Gasteiger partial charge on any atom is 0.251 e. The normalized spacial score (nSPS) is 22.3. The number of nitrogens with one attached hydrogen (secondary N) is 4. The van der Waals surface area contributed by atoms with Crippen LogP contribution in [0.1, 0.15) is 41.1 Å². The van der Waals surface area contributed by atoms with Crippen LogP contribution in [0.2, 0.25) is 0 Å². The Kier molecular flexibility index (Phi) is 8.15. The van der Waals surface area contributed by atoms with Gasteiger partial charge in [0.25, 0.3) is 5.91 Å². The second-order valence-electron chi connectivity index (χ2n) is 10.1. The quantitative estimate of drug-likeness (QED) is 0.324. The third-order valence-electron chi connectivity index (χ3n) is 7.32. The number of hydrogen-bond acceptors (Lipinski definition) is 8. The monoisotopic (exact) mass is 556 g/mol. The number of rotatable bonds is 10. The molecule has 5 rings (SSSR count). The third-order valence-corrected chi connectivity index (χ3v) is 8.93. The van der Waals surface area contributed by atoms with E-state index in [9.17, 15) is 22.4 Å². The Morgan fingerprint density at radius 2 is 1.77 bits per heavy atom. The van der Waals surface area contributed by atoms with Gasteiger partial charge in [-0.05, 0) is 67.8 Å². The number of carbonyl (C=O) groups is 2. The fraction of sp³-hybridized carbons (Fsp3) is 0.407. The van der Waals surface area contributed by atoms with Crippen LogP contribution in [0.3, 0.4) is 0 Å². The molecule has 0 aromatic heterocycles. The van der Waals surface area contributed by atoms with Crippen LogP contribution in [0.4, 0.5) is 10.1 Å². The fourth-order valence-corrected chi connectivity index (χ4v) is 6.13. The molecule has 2 aromatic carbocycles. The topological polar surface area (TPSA) is 123 Å². The van der Waals surface area contributed by atoms with Gasteiger partial charge in [-0.2, -0.15) is 0 Å². The first-order valence-electron chi connectivity index (χ1n) is 13.2. The van der Waals surface area contributed by atoms with E-state index in [4.69, 9.17) is 0 Å². The highest BCUT2D eigenvalue weighted by atomic mass is 32.2. The molecule has 0 radical (unpaired) electrons. The molecule has 1 saturated heterocycles. The van der Waals surface area contributed by atoms with Crippen LogP contribution >= 0.6 is 0 Å². The Morgan fingerprint density at radius 3 is 2.44 bits per heavy atom. The molecule has 10 nitrogen and oxygen atoms in total. The van der Waals surface area contributed by atoms with E-state index in [2.05, 4.69) is 21.6 Å². The van der Waals surface area contributed by atoms with Crippen molar-refractivity contribution in [2.45, 2.75) is 37.3 Å². The third kappa shape index (κ3) is 6.94. The molecule has 0 bridgehead atoms. The largest absolute Gasteiger partial charge is 0.340 e. The second-order valence-corrected chi connectivity index (χ2v) is 12.4. The molecule has 4 N–H and O–H groups in total. The molecule has 3 atom stereocenters. The van der Waals surface area contributed by atoms with E-state index in [1.807, 2.05) is 12.1 Å². The van der Waals surface area contributed by atoms with Gasteiger partial charge in [-0.15, -0.1) is 5.53 Å². The summed E-state index contributed by atoms with van der Waals surface area (Å²) in [6, 6.07) is 13.1. The highest BCUT2D eigenvalue weighted by Gasteiger charge is 2.38. The number of nitrogens with zero attached hydrogens (tertiary/aromatic N) is 2. The molecule has 2 heterocycles.